The molecule has 1 amide bonds. The molecule has 22 heavy (non-hydrogen) atoms. The molecular formula is C16H20N4O2. The van der Waals surface area contributed by atoms with E-state index in [4.69, 9.17) is 4.74 Å². The number of aromatic nitrogens is 2. The molecule has 116 valence electrons. The van der Waals surface area contributed by atoms with Crippen molar-refractivity contribution < 1.29 is 9.53 Å². The predicted molar refractivity (Wildman–Crippen MR) is 86.4 cm³/mol. The lowest BCUT2D eigenvalue weighted by molar-refractivity contribution is 0.102. The van der Waals surface area contributed by atoms with Crippen LogP contribution in [0.25, 0.3) is 0 Å². The summed E-state index contributed by atoms with van der Waals surface area (Å²) < 4.78 is 5.06. The zero-order valence-electron chi connectivity index (χ0n) is 12.8. The molecule has 0 aliphatic heterocycles. The standard InChI is InChI=1S/C16H20N4O2/c1-3-4-11-17-14-9-10-15(20-19-14)18-16(21)12-5-7-13(22-2)8-6-12/h5-10H,3-4,11H2,1-2H3,(H,17,19)(H,18,20,21). The Labute approximate surface area is 129 Å². The molecule has 2 aromatic rings. The van der Waals surface area contributed by atoms with Gasteiger partial charge in [-0.15, -0.1) is 10.2 Å². The van der Waals surface area contributed by atoms with Gasteiger partial charge in [-0.25, -0.2) is 0 Å². The minimum Gasteiger partial charge on any atom is -0.497 e. The van der Waals surface area contributed by atoms with Crippen LogP contribution in [0.3, 0.4) is 0 Å². The first-order chi connectivity index (χ1) is 10.7. The number of rotatable bonds is 7. The number of unbranched alkanes of at least 4 members (excludes halogenated alkanes) is 1. The van der Waals surface area contributed by atoms with Crippen molar-refractivity contribution in [1.29, 1.82) is 0 Å². The highest BCUT2D eigenvalue weighted by Gasteiger charge is 2.07. The molecule has 0 fully saturated rings. The lowest BCUT2D eigenvalue weighted by Crippen LogP contribution is -2.13. The lowest BCUT2D eigenvalue weighted by atomic mass is 10.2. The molecule has 0 spiro atoms. The number of nitrogens with zero attached hydrogens (tertiary/aromatic N) is 2. The van der Waals surface area contributed by atoms with Gasteiger partial charge < -0.3 is 15.4 Å². The number of carbonyl (C=O) groups excluding carboxylic acids is 1. The SMILES string of the molecule is CCCCNc1ccc(NC(=O)c2ccc(OC)cc2)nn1. The Morgan fingerprint density at radius 3 is 2.36 bits per heavy atom. The van der Waals surface area contributed by atoms with Crippen molar-refractivity contribution in [3.63, 3.8) is 0 Å². The molecule has 2 rings (SSSR count). The molecule has 1 aromatic carbocycles. The quantitative estimate of drug-likeness (QED) is 0.769. The Morgan fingerprint density at radius 2 is 1.77 bits per heavy atom. The first-order valence-corrected chi connectivity index (χ1v) is 7.26. The molecule has 0 atom stereocenters. The van der Waals surface area contributed by atoms with Crippen molar-refractivity contribution in [1.82, 2.24) is 10.2 Å². The summed E-state index contributed by atoms with van der Waals surface area (Å²) in [6.07, 6.45) is 2.20. The van der Waals surface area contributed by atoms with E-state index >= 15 is 0 Å². The van der Waals surface area contributed by atoms with Crippen LogP contribution >= 0.6 is 0 Å². The zero-order valence-corrected chi connectivity index (χ0v) is 12.8. The van der Waals surface area contributed by atoms with Gasteiger partial charge in [0.15, 0.2) is 5.82 Å². The normalized spacial score (nSPS) is 10.1. The minimum atomic E-state index is -0.233. The fourth-order valence-corrected chi connectivity index (χ4v) is 1.82. The van der Waals surface area contributed by atoms with Gasteiger partial charge in [-0.1, -0.05) is 13.3 Å². The van der Waals surface area contributed by atoms with E-state index < -0.39 is 0 Å². The van der Waals surface area contributed by atoms with Gasteiger partial charge in [0.25, 0.3) is 5.91 Å². The molecule has 0 saturated carbocycles. The Hall–Kier alpha value is -2.63. The van der Waals surface area contributed by atoms with Crippen LogP contribution in [0.5, 0.6) is 5.75 Å². The highest BCUT2D eigenvalue weighted by Crippen LogP contribution is 2.13. The number of anilines is 2. The van der Waals surface area contributed by atoms with Crippen molar-refractivity contribution in [2.75, 3.05) is 24.3 Å². The van der Waals surface area contributed by atoms with E-state index in [2.05, 4.69) is 27.8 Å². The first-order valence-electron chi connectivity index (χ1n) is 7.26. The molecule has 0 saturated heterocycles. The predicted octanol–water partition coefficient (Wildman–Crippen LogP) is 2.95. The summed E-state index contributed by atoms with van der Waals surface area (Å²) in [7, 11) is 1.58. The number of amides is 1. The minimum absolute atomic E-state index is 0.233. The maximum absolute atomic E-state index is 12.1. The van der Waals surface area contributed by atoms with Crippen LogP contribution in [0.15, 0.2) is 36.4 Å². The topological polar surface area (TPSA) is 76.1 Å². The maximum atomic E-state index is 12.1. The lowest BCUT2D eigenvalue weighted by Gasteiger charge is -2.06. The average Bonchev–Trinajstić information content (AvgIpc) is 2.57. The highest BCUT2D eigenvalue weighted by molar-refractivity contribution is 6.03. The van der Waals surface area contributed by atoms with Crippen LogP contribution in [-0.4, -0.2) is 29.8 Å². The van der Waals surface area contributed by atoms with Crippen LogP contribution < -0.4 is 15.4 Å². The van der Waals surface area contributed by atoms with Crippen LogP contribution in [0.2, 0.25) is 0 Å². The van der Waals surface area contributed by atoms with Gasteiger partial charge in [-0.05, 0) is 42.8 Å². The second kappa shape index (κ2) is 7.97. The number of nitrogens with one attached hydrogen (secondary N) is 2. The zero-order chi connectivity index (χ0) is 15.8. The second-order valence-corrected chi connectivity index (χ2v) is 4.77. The van der Waals surface area contributed by atoms with Gasteiger partial charge in [-0.2, -0.15) is 0 Å². The summed E-state index contributed by atoms with van der Waals surface area (Å²) in [6.45, 7) is 2.99. The van der Waals surface area contributed by atoms with E-state index in [1.54, 1.807) is 43.5 Å². The molecule has 0 bridgehead atoms. The number of ether oxygens (including phenoxy) is 1. The van der Waals surface area contributed by atoms with Crippen LogP contribution in [-0.2, 0) is 0 Å². The van der Waals surface area contributed by atoms with E-state index in [1.165, 1.54) is 0 Å². The van der Waals surface area contributed by atoms with Crippen molar-refractivity contribution in [3.05, 3.63) is 42.0 Å². The molecule has 1 heterocycles. The summed E-state index contributed by atoms with van der Waals surface area (Å²) in [5, 5.41) is 13.9. The number of carbonyl (C=O) groups is 1. The number of methoxy groups -OCH3 is 1. The molecular weight excluding hydrogens is 280 g/mol. The number of hydrogen-bond donors (Lipinski definition) is 2. The van der Waals surface area contributed by atoms with E-state index in [9.17, 15) is 4.79 Å². The van der Waals surface area contributed by atoms with Crippen molar-refractivity contribution >= 4 is 17.5 Å². The summed E-state index contributed by atoms with van der Waals surface area (Å²) in [4.78, 5) is 12.1. The Bertz CT molecular complexity index is 597. The fourth-order valence-electron chi connectivity index (χ4n) is 1.82. The van der Waals surface area contributed by atoms with Crippen LogP contribution in [0.1, 0.15) is 30.1 Å². The molecule has 2 N–H and O–H groups in total. The summed E-state index contributed by atoms with van der Waals surface area (Å²) >= 11 is 0. The number of benzene rings is 1. The largest absolute Gasteiger partial charge is 0.497 e. The molecule has 0 unspecified atom stereocenters. The van der Waals surface area contributed by atoms with Gasteiger partial charge in [0.1, 0.15) is 11.6 Å². The third kappa shape index (κ3) is 4.44. The maximum Gasteiger partial charge on any atom is 0.256 e. The Balaban J connectivity index is 1.93. The Kier molecular flexibility index (Phi) is 5.71. The first kappa shape index (κ1) is 15.8. The molecule has 6 nitrogen and oxygen atoms in total. The van der Waals surface area contributed by atoms with Crippen molar-refractivity contribution in [2.24, 2.45) is 0 Å². The van der Waals surface area contributed by atoms with Gasteiger partial charge in [0.2, 0.25) is 0 Å². The third-order valence-electron chi connectivity index (χ3n) is 3.09. The molecule has 0 aliphatic rings. The Morgan fingerprint density at radius 1 is 1.09 bits per heavy atom. The molecule has 6 heteroatoms. The summed E-state index contributed by atoms with van der Waals surface area (Å²) in [6, 6.07) is 10.4. The second-order valence-electron chi connectivity index (χ2n) is 4.77. The fraction of sp³-hybridized carbons (Fsp3) is 0.312. The highest BCUT2D eigenvalue weighted by atomic mass is 16.5. The van der Waals surface area contributed by atoms with Gasteiger partial charge >= 0.3 is 0 Å². The summed E-state index contributed by atoms with van der Waals surface area (Å²) in [5.41, 5.74) is 0.535. The van der Waals surface area contributed by atoms with Crippen LogP contribution in [0.4, 0.5) is 11.6 Å². The van der Waals surface area contributed by atoms with E-state index in [0.29, 0.717) is 22.9 Å². The van der Waals surface area contributed by atoms with E-state index in [-0.39, 0.29) is 5.91 Å². The molecule has 1 aromatic heterocycles. The van der Waals surface area contributed by atoms with Crippen molar-refractivity contribution in [2.45, 2.75) is 19.8 Å². The molecule has 0 aliphatic carbocycles. The summed E-state index contributed by atoms with van der Waals surface area (Å²) in [5.74, 6) is 1.60. The van der Waals surface area contributed by atoms with Crippen molar-refractivity contribution in [3.8, 4) is 5.75 Å². The monoisotopic (exact) mass is 300 g/mol. The van der Waals surface area contributed by atoms with Gasteiger partial charge in [-0.3, -0.25) is 4.79 Å². The number of hydrogen-bond acceptors (Lipinski definition) is 5. The third-order valence-corrected chi connectivity index (χ3v) is 3.09. The average molecular weight is 300 g/mol. The van der Waals surface area contributed by atoms with Gasteiger partial charge in [0.05, 0.1) is 7.11 Å². The smallest absolute Gasteiger partial charge is 0.256 e. The van der Waals surface area contributed by atoms with E-state index in [1.807, 2.05) is 0 Å². The van der Waals surface area contributed by atoms with E-state index in [0.717, 1.165) is 19.4 Å². The molecule has 0 radical (unpaired) electrons. The van der Waals surface area contributed by atoms with Crippen LogP contribution in [0, 0.1) is 0 Å². The van der Waals surface area contributed by atoms with Gasteiger partial charge in [0, 0.05) is 12.1 Å².